The van der Waals surface area contributed by atoms with Crippen molar-refractivity contribution in [1.82, 2.24) is 0 Å². The molecule has 1 nitrogen and oxygen atoms in total. The molecule has 0 saturated heterocycles. The van der Waals surface area contributed by atoms with Crippen LogP contribution >= 0.6 is 0 Å². The Balaban J connectivity index is 1.80. The fraction of sp³-hybridized carbons (Fsp3) is 0.773. The lowest BCUT2D eigenvalue weighted by Gasteiger charge is -2.60. The first-order valence-corrected chi connectivity index (χ1v) is 9.95. The molecule has 0 amide bonds. The number of halogens is 3. The van der Waals surface area contributed by atoms with Crippen molar-refractivity contribution in [3.05, 3.63) is 11.6 Å². The molecule has 0 unspecified atom stereocenters. The van der Waals surface area contributed by atoms with E-state index in [4.69, 9.17) is 6.42 Å². The van der Waals surface area contributed by atoms with Gasteiger partial charge in [0.15, 0.2) is 5.78 Å². The number of fused-ring (bicyclic) bond motifs is 5. The van der Waals surface area contributed by atoms with Crippen molar-refractivity contribution in [1.29, 1.82) is 0 Å². The molecular weight excluding hydrogens is 337 g/mol. The zero-order chi connectivity index (χ0) is 18.7. The average molecular weight is 364 g/mol. The molecule has 0 radical (unpaired) electrons. The lowest BCUT2D eigenvalue weighted by molar-refractivity contribution is -0.226. The molecule has 3 fully saturated rings. The number of alkyl halides is 3. The van der Waals surface area contributed by atoms with E-state index >= 15 is 0 Å². The number of allylic oxidation sites excluding steroid dienone is 1. The Morgan fingerprint density at radius 2 is 2.00 bits per heavy atom. The van der Waals surface area contributed by atoms with E-state index in [1.165, 1.54) is 0 Å². The summed E-state index contributed by atoms with van der Waals surface area (Å²) in [5, 5.41) is 0. The molecule has 0 aromatic rings. The number of terminal acetylenes is 1. The molecule has 4 heteroatoms. The van der Waals surface area contributed by atoms with Crippen LogP contribution in [0.3, 0.4) is 0 Å². The summed E-state index contributed by atoms with van der Waals surface area (Å²) >= 11 is 0. The number of rotatable bonds is 1. The third kappa shape index (κ3) is 2.49. The van der Waals surface area contributed by atoms with Gasteiger partial charge in [0.25, 0.3) is 0 Å². The van der Waals surface area contributed by atoms with E-state index in [9.17, 15) is 18.0 Å². The van der Waals surface area contributed by atoms with E-state index in [0.717, 1.165) is 37.7 Å². The van der Waals surface area contributed by atoms with Crippen molar-refractivity contribution < 1.29 is 18.0 Å². The maximum Gasteiger partial charge on any atom is 0.392 e. The summed E-state index contributed by atoms with van der Waals surface area (Å²) < 4.78 is 42.3. The molecule has 4 rings (SSSR count). The largest absolute Gasteiger partial charge is 0.392 e. The average Bonchev–Trinajstić information content (AvgIpc) is 2.98. The van der Waals surface area contributed by atoms with E-state index in [2.05, 4.69) is 12.8 Å². The van der Waals surface area contributed by atoms with Crippen LogP contribution in [0, 0.1) is 46.8 Å². The second kappa shape index (κ2) is 5.88. The maximum absolute atomic E-state index is 14.1. The summed E-state index contributed by atoms with van der Waals surface area (Å²) in [6, 6.07) is 0. The van der Waals surface area contributed by atoms with Crippen LogP contribution in [0.1, 0.15) is 64.7 Å². The standard InChI is InChI=1S/C22H27F3O/c1-3-8-21-9-4-5-17(21)19-16(7-11-21)20(2)10-6-15(26)12-14(20)13-18(19)22(23,24)25/h1,12,16-19H,4-11,13H2,2H3/t16-,17-,18+,19+,20-,21-/m0/s1. The minimum atomic E-state index is -4.21. The zero-order valence-corrected chi connectivity index (χ0v) is 15.4. The van der Waals surface area contributed by atoms with Crippen molar-refractivity contribution in [2.75, 3.05) is 0 Å². The highest BCUT2D eigenvalue weighted by Crippen LogP contribution is 2.69. The smallest absolute Gasteiger partial charge is 0.295 e. The topological polar surface area (TPSA) is 17.1 Å². The predicted molar refractivity (Wildman–Crippen MR) is 94.0 cm³/mol. The van der Waals surface area contributed by atoms with Gasteiger partial charge in [-0.05, 0) is 73.2 Å². The molecule has 6 atom stereocenters. The SMILES string of the molecule is C#CC[C@@]12CCC[C@H]1[C@@H]1[C@H](C(F)(F)F)CC3=CC(=O)CC[C@]3(C)[C@H]1CC2. The summed E-state index contributed by atoms with van der Waals surface area (Å²) in [7, 11) is 0. The number of carbonyl (C=O) groups is 1. The summed E-state index contributed by atoms with van der Waals surface area (Å²) in [5.41, 5.74) is 0.437. The Morgan fingerprint density at radius 3 is 2.69 bits per heavy atom. The first-order chi connectivity index (χ1) is 12.2. The molecule has 0 bridgehead atoms. The molecule has 26 heavy (non-hydrogen) atoms. The van der Waals surface area contributed by atoms with Crippen molar-refractivity contribution in [3.8, 4) is 12.3 Å². The molecular formula is C22H27F3O. The fourth-order valence-corrected chi connectivity index (χ4v) is 7.21. The molecule has 142 valence electrons. The Labute approximate surface area is 153 Å². The molecule has 4 aliphatic carbocycles. The fourth-order valence-electron chi connectivity index (χ4n) is 7.21. The van der Waals surface area contributed by atoms with Gasteiger partial charge in [0.05, 0.1) is 5.92 Å². The van der Waals surface area contributed by atoms with E-state index in [1.54, 1.807) is 6.08 Å². The summed E-state index contributed by atoms with van der Waals surface area (Å²) in [4.78, 5) is 11.9. The summed E-state index contributed by atoms with van der Waals surface area (Å²) in [5.74, 6) is 1.23. The van der Waals surface area contributed by atoms with E-state index in [0.29, 0.717) is 19.3 Å². The lowest BCUT2D eigenvalue weighted by atomic mass is 9.44. The molecule has 0 N–H and O–H groups in total. The third-order valence-electron chi connectivity index (χ3n) is 8.42. The minimum absolute atomic E-state index is 0.00444. The summed E-state index contributed by atoms with van der Waals surface area (Å²) in [6.45, 7) is 2.12. The van der Waals surface area contributed by atoms with Crippen LogP contribution in [-0.4, -0.2) is 12.0 Å². The monoisotopic (exact) mass is 364 g/mol. The van der Waals surface area contributed by atoms with Crippen LogP contribution in [-0.2, 0) is 4.79 Å². The van der Waals surface area contributed by atoms with Gasteiger partial charge >= 0.3 is 6.18 Å². The molecule has 0 spiro atoms. The molecule has 0 heterocycles. The van der Waals surface area contributed by atoms with Gasteiger partial charge in [-0.15, -0.1) is 12.3 Å². The van der Waals surface area contributed by atoms with Gasteiger partial charge in [-0.25, -0.2) is 0 Å². The van der Waals surface area contributed by atoms with Crippen LogP contribution in [0.5, 0.6) is 0 Å². The summed E-state index contributed by atoms with van der Waals surface area (Å²) in [6.07, 6.45) is 9.39. The second-order valence-corrected chi connectivity index (χ2v) is 9.37. The third-order valence-corrected chi connectivity index (χ3v) is 8.42. The molecule has 3 saturated carbocycles. The number of hydrogen-bond donors (Lipinski definition) is 0. The number of hydrogen-bond acceptors (Lipinski definition) is 1. The highest BCUT2D eigenvalue weighted by atomic mass is 19.4. The first-order valence-electron chi connectivity index (χ1n) is 9.95. The van der Waals surface area contributed by atoms with Crippen LogP contribution in [0.2, 0.25) is 0 Å². The van der Waals surface area contributed by atoms with Crippen LogP contribution in [0.15, 0.2) is 11.6 Å². The van der Waals surface area contributed by atoms with Gasteiger partial charge in [-0.1, -0.05) is 18.9 Å². The predicted octanol–water partition coefficient (Wildman–Crippen LogP) is 5.70. The zero-order valence-electron chi connectivity index (χ0n) is 15.4. The minimum Gasteiger partial charge on any atom is -0.295 e. The van der Waals surface area contributed by atoms with Gasteiger partial charge in [0.2, 0.25) is 0 Å². The van der Waals surface area contributed by atoms with Gasteiger partial charge in [-0.3, -0.25) is 4.79 Å². The lowest BCUT2D eigenvalue weighted by Crippen LogP contribution is -2.56. The van der Waals surface area contributed by atoms with E-state index in [1.807, 2.05) is 0 Å². The normalized spacial score (nSPS) is 45.2. The highest BCUT2D eigenvalue weighted by Gasteiger charge is 2.64. The highest BCUT2D eigenvalue weighted by molar-refractivity contribution is 5.91. The van der Waals surface area contributed by atoms with Crippen molar-refractivity contribution in [2.24, 2.45) is 34.5 Å². The van der Waals surface area contributed by atoms with Gasteiger partial charge in [0, 0.05) is 12.8 Å². The van der Waals surface area contributed by atoms with Gasteiger partial charge < -0.3 is 0 Å². The van der Waals surface area contributed by atoms with Crippen LogP contribution in [0.25, 0.3) is 0 Å². The molecule has 0 aliphatic heterocycles. The quantitative estimate of drug-likeness (QED) is 0.546. The van der Waals surface area contributed by atoms with Gasteiger partial charge in [-0.2, -0.15) is 13.2 Å². The molecule has 4 aliphatic rings. The number of ketones is 1. The van der Waals surface area contributed by atoms with Crippen molar-refractivity contribution >= 4 is 5.78 Å². The van der Waals surface area contributed by atoms with Crippen molar-refractivity contribution in [2.45, 2.75) is 70.9 Å². The maximum atomic E-state index is 14.1. The Kier molecular flexibility index (Phi) is 4.10. The Hall–Kier alpha value is -1.24. The second-order valence-electron chi connectivity index (χ2n) is 9.37. The van der Waals surface area contributed by atoms with Crippen LogP contribution < -0.4 is 0 Å². The van der Waals surface area contributed by atoms with Crippen molar-refractivity contribution in [3.63, 3.8) is 0 Å². The van der Waals surface area contributed by atoms with E-state index in [-0.39, 0.29) is 40.8 Å². The Morgan fingerprint density at radius 1 is 1.23 bits per heavy atom. The van der Waals surface area contributed by atoms with Gasteiger partial charge in [0.1, 0.15) is 0 Å². The number of carbonyl (C=O) groups excluding carboxylic acids is 1. The van der Waals surface area contributed by atoms with Crippen LogP contribution in [0.4, 0.5) is 13.2 Å². The first kappa shape index (κ1) is 18.1. The molecule has 0 aromatic heterocycles. The van der Waals surface area contributed by atoms with E-state index < -0.39 is 12.1 Å². The molecule has 0 aromatic carbocycles. The Bertz CT molecular complexity index is 684.